The summed E-state index contributed by atoms with van der Waals surface area (Å²) in [5.74, 6) is -0.711. The number of ketones is 1. The van der Waals surface area contributed by atoms with E-state index in [0.717, 1.165) is 35.2 Å². The molecular formula is C31H34N2O4. The van der Waals surface area contributed by atoms with Crippen LogP contribution < -0.4 is 4.74 Å². The molecule has 1 aliphatic rings. The Morgan fingerprint density at radius 3 is 2.32 bits per heavy atom. The summed E-state index contributed by atoms with van der Waals surface area (Å²) < 4.78 is 5.97. The Labute approximate surface area is 218 Å². The molecule has 0 unspecified atom stereocenters. The van der Waals surface area contributed by atoms with Gasteiger partial charge in [-0.1, -0.05) is 60.2 Å². The number of hydrogen-bond donors (Lipinski definition) is 1. The molecule has 1 aliphatic heterocycles. The molecule has 1 heterocycles. The van der Waals surface area contributed by atoms with E-state index in [4.69, 9.17) is 4.74 Å². The lowest BCUT2D eigenvalue weighted by atomic mass is 9.94. The van der Waals surface area contributed by atoms with E-state index >= 15 is 0 Å². The average molecular weight is 499 g/mol. The minimum atomic E-state index is -0.657. The van der Waals surface area contributed by atoms with Crippen molar-refractivity contribution in [3.05, 3.63) is 106 Å². The highest BCUT2D eigenvalue weighted by Crippen LogP contribution is 2.40. The van der Waals surface area contributed by atoms with Crippen LogP contribution in [-0.2, 0) is 16.2 Å². The van der Waals surface area contributed by atoms with Crippen molar-refractivity contribution in [1.82, 2.24) is 9.80 Å². The molecule has 4 rings (SSSR count). The molecule has 1 fully saturated rings. The fourth-order valence-corrected chi connectivity index (χ4v) is 4.61. The molecule has 37 heavy (non-hydrogen) atoms. The van der Waals surface area contributed by atoms with Crippen LogP contribution in [0.2, 0.25) is 0 Å². The summed E-state index contributed by atoms with van der Waals surface area (Å²) in [6, 6.07) is 22.3. The highest BCUT2D eigenvalue weighted by molar-refractivity contribution is 6.46. The van der Waals surface area contributed by atoms with Crippen LogP contribution >= 0.6 is 0 Å². The number of carbonyl (C=O) groups excluding carboxylic acids is 2. The molecule has 0 spiro atoms. The molecular weight excluding hydrogens is 464 g/mol. The first kappa shape index (κ1) is 26.2. The summed E-state index contributed by atoms with van der Waals surface area (Å²) >= 11 is 0. The first-order chi connectivity index (χ1) is 17.8. The summed E-state index contributed by atoms with van der Waals surface area (Å²) in [5, 5.41) is 11.4. The largest absolute Gasteiger partial charge is 0.507 e. The van der Waals surface area contributed by atoms with Crippen molar-refractivity contribution in [2.45, 2.75) is 32.9 Å². The molecule has 0 aliphatic carbocycles. The quantitative estimate of drug-likeness (QED) is 0.248. The number of aliphatic hydroxyl groups is 1. The SMILES string of the molecule is Cc1ccc([C@@H]2/C(=C(\O)c3ccc(OCc4ccccc4)c(C)c3)C(=O)C(=O)N2CCCN(C)C)cc1. The summed E-state index contributed by atoms with van der Waals surface area (Å²) in [4.78, 5) is 30.0. The van der Waals surface area contributed by atoms with Gasteiger partial charge in [0.1, 0.15) is 18.1 Å². The molecule has 0 saturated carbocycles. The normalized spacial score (nSPS) is 17.0. The molecule has 0 radical (unpaired) electrons. The Kier molecular flexibility index (Phi) is 8.09. The van der Waals surface area contributed by atoms with Crippen LogP contribution in [0.25, 0.3) is 5.76 Å². The van der Waals surface area contributed by atoms with E-state index in [9.17, 15) is 14.7 Å². The van der Waals surface area contributed by atoms with Crippen molar-refractivity contribution in [2.24, 2.45) is 0 Å². The molecule has 1 atom stereocenters. The van der Waals surface area contributed by atoms with Gasteiger partial charge in [0, 0.05) is 12.1 Å². The lowest BCUT2D eigenvalue weighted by Gasteiger charge is -2.26. The van der Waals surface area contributed by atoms with Gasteiger partial charge in [-0.25, -0.2) is 0 Å². The Balaban J connectivity index is 1.67. The molecule has 1 N–H and O–H groups in total. The third-order valence-electron chi connectivity index (χ3n) is 6.62. The number of carbonyl (C=O) groups is 2. The van der Waals surface area contributed by atoms with Gasteiger partial charge < -0.3 is 19.6 Å². The molecule has 3 aromatic rings. The number of likely N-dealkylation sites (tertiary alicyclic amines) is 1. The fourth-order valence-electron chi connectivity index (χ4n) is 4.61. The van der Waals surface area contributed by atoms with E-state index in [0.29, 0.717) is 24.5 Å². The Bertz CT molecular complexity index is 1300. The second-order valence-corrected chi connectivity index (χ2v) is 9.81. The fraction of sp³-hybridized carbons (Fsp3) is 0.290. The van der Waals surface area contributed by atoms with Gasteiger partial charge in [0.05, 0.1) is 11.6 Å². The molecule has 1 amide bonds. The topological polar surface area (TPSA) is 70.1 Å². The van der Waals surface area contributed by atoms with Crippen molar-refractivity contribution >= 4 is 17.4 Å². The molecule has 3 aromatic carbocycles. The number of rotatable bonds is 9. The first-order valence-corrected chi connectivity index (χ1v) is 12.5. The minimum Gasteiger partial charge on any atom is -0.507 e. The predicted octanol–water partition coefficient (Wildman–Crippen LogP) is 5.26. The first-order valence-electron chi connectivity index (χ1n) is 12.5. The van der Waals surface area contributed by atoms with Crippen LogP contribution in [-0.4, -0.2) is 53.8 Å². The molecule has 6 heteroatoms. The minimum absolute atomic E-state index is 0.121. The highest BCUT2D eigenvalue weighted by atomic mass is 16.5. The van der Waals surface area contributed by atoms with Crippen LogP contribution in [0.4, 0.5) is 0 Å². The standard InChI is InChI=1S/C31H34N2O4/c1-21-11-13-24(14-12-21)28-27(30(35)31(36)33(28)18-8-17-32(3)4)29(34)25-15-16-26(22(2)19-25)37-20-23-9-6-5-7-10-23/h5-7,9-16,19,28,34H,8,17-18,20H2,1-4H3/b29-27+/t28-/m1/s1. The van der Waals surface area contributed by atoms with E-state index in [1.165, 1.54) is 0 Å². The zero-order chi connectivity index (χ0) is 26.5. The van der Waals surface area contributed by atoms with Crippen molar-refractivity contribution in [3.63, 3.8) is 0 Å². The van der Waals surface area contributed by atoms with Crippen LogP contribution in [0, 0.1) is 13.8 Å². The zero-order valence-electron chi connectivity index (χ0n) is 21.9. The molecule has 6 nitrogen and oxygen atoms in total. The number of aryl methyl sites for hydroxylation is 2. The van der Waals surface area contributed by atoms with Crippen molar-refractivity contribution in [2.75, 3.05) is 27.2 Å². The second-order valence-electron chi connectivity index (χ2n) is 9.81. The van der Waals surface area contributed by atoms with Gasteiger partial charge in [-0.05, 0) is 75.8 Å². The van der Waals surface area contributed by atoms with Gasteiger partial charge in [0.25, 0.3) is 11.7 Å². The van der Waals surface area contributed by atoms with E-state index in [-0.39, 0.29) is 11.3 Å². The third-order valence-corrected chi connectivity index (χ3v) is 6.62. The second kappa shape index (κ2) is 11.4. The number of Topliss-reactive ketones (excluding diaryl/α,β-unsaturated/α-hetero) is 1. The van der Waals surface area contributed by atoms with Gasteiger partial charge in [-0.3, -0.25) is 9.59 Å². The maximum atomic E-state index is 13.2. The third kappa shape index (κ3) is 5.92. The summed E-state index contributed by atoms with van der Waals surface area (Å²) in [6.45, 7) is 5.52. The monoisotopic (exact) mass is 498 g/mol. The van der Waals surface area contributed by atoms with E-state index < -0.39 is 17.7 Å². The zero-order valence-corrected chi connectivity index (χ0v) is 21.9. The van der Waals surface area contributed by atoms with Crippen molar-refractivity contribution < 1.29 is 19.4 Å². The summed E-state index contributed by atoms with van der Waals surface area (Å²) in [6.07, 6.45) is 0.717. The number of hydrogen-bond acceptors (Lipinski definition) is 5. The Hall–Kier alpha value is -3.90. The molecule has 0 aromatic heterocycles. The molecule has 1 saturated heterocycles. The van der Waals surface area contributed by atoms with Crippen LogP contribution in [0.15, 0.2) is 78.4 Å². The Morgan fingerprint density at radius 2 is 1.68 bits per heavy atom. The number of nitrogens with zero attached hydrogens (tertiary/aromatic N) is 2. The number of benzene rings is 3. The number of amides is 1. The predicted molar refractivity (Wildman–Crippen MR) is 145 cm³/mol. The average Bonchev–Trinajstić information content (AvgIpc) is 3.13. The van der Waals surface area contributed by atoms with E-state index in [2.05, 4.69) is 0 Å². The number of ether oxygens (including phenoxy) is 1. The van der Waals surface area contributed by atoms with Crippen LogP contribution in [0.5, 0.6) is 5.75 Å². The van der Waals surface area contributed by atoms with Gasteiger partial charge in [-0.2, -0.15) is 0 Å². The smallest absolute Gasteiger partial charge is 0.295 e. The van der Waals surface area contributed by atoms with Gasteiger partial charge >= 0.3 is 0 Å². The van der Waals surface area contributed by atoms with Crippen molar-refractivity contribution in [1.29, 1.82) is 0 Å². The Morgan fingerprint density at radius 1 is 0.973 bits per heavy atom. The van der Waals surface area contributed by atoms with Crippen LogP contribution in [0.3, 0.4) is 0 Å². The highest BCUT2D eigenvalue weighted by Gasteiger charge is 2.45. The lowest BCUT2D eigenvalue weighted by Crippen LogP contribution is -2.32. The van der Waals surface area contributed by atoms with Crippen molar-refractivity contribution in [3.8, 4) is 5.75 Å². The van der Waals surface area contributed by atoms with Gasteiger partial charge in [0.2, 0.25) is 0 Å². The van der Waals surface area contributed by atoms with Gasteiger partial charge in [-0.15, -0.1) is 0 Å². The maximum Gasteiger partial charge on any atom is 0.295 e. The van der Waals surface area contributed by atoms with E-state index in [1.54, 1.807) is 23.1 Å². The number of aliphatic hydroxyl groups excluding tert-OH is 1. The molecule has 192 valence electrons. The molecule has 0 bridgehead atoms. The van der Waals surface area contributed by atoms with Gasteiger partial charge in [0.15, 0.2) is 0 Å². The van der Waals surface area contributed by atoms with Crippen LogP contribution in [0.1, 0.15) is 40.3 Å². The van der Waals surface area contributed by atoms with E-state index in [1.807, 2.05) is 87.4 Å². The lowest BCUT2D eigenvalue weighted by molar-refractivity contribution is -0.139. The summed E-state index contributed by atoms with van der Waals surface area (Å²) in [5.41, 5.74) is 4.36. The summed E-state index contributed by atoms with van der Waals surface area (Å²) in [7, 11) is 3.95. The maximum absolute atomic E-state index is 13.2.